The van der Waals surface area contributed by atoms with E-state index < -0.39 is 48.0 Å². The minimum atomic E-state index is -1.16. The summed E-state index contributed by atoms with van der Waals surface area (Å²) in [4.78, 5) is 59.5. The van der Waals surface area contributed by atoms with E-state index in [0.29, 0.717) is 31.6 Å². The van der Waals surface area contributed by atoms with Gasteiger partial charge >= 0.3 is 0 Å². The summed E-state index contributed by atoms with van der Waals surface area (Å²) in [5.74, 6) is -1.18. The lowest BCUT2D eigenvalue weighted by molar-refractivity contribution is -0.143. The lowest BCUT2D eigenvalue weighted by Crippen LogP contribution is -2.62. The van der Waals surface area contributed by atoms with E-state index in [-0.39, 0.29) is 18.2 Å². The molecule has 1 fully saturated rings. The molecule has 3 heterocycles. The molecule has 3 aliphatic heterocycles. The molecule has 5 unspecified atom stereocenters. The van der Waals surface area contributed by atoms with Gasteiger partial charge in [-0.25, -0.2) is 0 Å². The summed E-state index contributed by atoms with van der Waals surface area (Å²) in [6.07, 6.45) is 4.41. The summed E-state index contributed by atoms with van der Waals surface area (Å²) < 4.78 is 6.42. The largest absolute Gasteiger partial charge is 0.487 e. The van der Waals surface area contributed by atoms with Gasteiger partial charge in [0.15, 0.2) is 0 Å². The van der Waals surface area contributed by atoms with E-state index in [1.807, 2.05) is 106 Å². The van der Waals surface area contributed by atoms with Gasteiger partial charge in [-0.3, -0.25) is 24.1 Å². The summed E-state index contributed by atoms with van der Waals surface area (Å²) >= 11 is 0. The van der Waals surface area contributed by atoms with Crippen LogP contribution < -0.4 is 20.7 Å². The molecule has 49 heavy (non-hydrogen) atoms. The number of likely N-dealkylation sites (N-methyl/N-ethyl adjacent to an activating group) is 1. The Morgan fingerprint density at radius 2 is 1.57 bits per heavy atom. The third kappa shape index (κ3) is 9.14. The second-order valence-corrected chi connectivity index (χ2v) is 13.3. The summed E-state index contributed by atoms with van der Waals surface area (Å²) in [7, 11) is 3.73. The molecule has 1 saturated heterocycles. The van der Waals surface area contributed by atoms with Gasteiger partial charge in [0.2, 0.25) is 23.6 Å². The van der Waals surface area contributed by atoms with Crippen LogP contribution >= 0.6 is 0 Å². The van der Waals surface area contributed by atoms with Crippen molar-refractivity contribution in [1.29, 1.82) is 0 Å². The maximum atomic E-state index is 14.3. The van der Waals surface area contributed by atoms with Crippen molar-refractivity contribution in [3.63, 3.8) is 0 Å². The Bertz CT molecular complexity index is 1610. The first kappa shape index (κ1) is 35.3. The third-order valence-corrected chi connectivity index (χ3v) is 9.15. The first-order valence-electron chi connectivity index (χ1n) is 17.0. The van der Waals surface area contributed by atoms with Crippen LogP contribution in [0.2, 0.25) is 0 Å². The summed E-state index contributed by atoms with van der Waals surface area (Å²) in [5.41, 5.74) is 2.75. The third-order valence-electron chi connectivity index (χ3n) is 9.15. The molecule has 0 aromatic heterocycles. The van der Waals surface area contributed by atoms with Gasteiger partial charge in [-0.05, 0) is 74.2 Å². The minimum absolute atomic E-state index is 0.133. The highest BCUT2D eigenvalue weighted by atomic mass is 16.5. The van der Waals surface area contributed by atoms with Crippen LogP contribution in [0.15, 0.2) is 91.1 Å². The number of likely N-dealkylation sites (tertiary alicyclic amines) is 1. The number of carbonyl (C=O) groups excluding carboxylic acids is 4. The monoisotopic (exact) mass is 665 g/mol. The molecular formula is C39H47N5O5. The van der Waals surface area contributed by atoms with Gasteiger partial charge in [-0.1, -0.05) is 86.6 Å². The van der Waals surface area contributed by atoms with Crippen molar-refractivity contribution >= 4 is 29.7 Å². The van der Waals surface area contributed by atoms with Crippen LogP contribution in [0, 0.1) is 5.92 Å². The van der Waals surface area contributed by atoms with E-state index in [2.05, 4.69) is 16.0 Å². The maximum Gasteiger partial charge on any atom is 0.247 e. The lowest BCUT2D eigenvalue weighted by atomic mass is 9.96. The molecule has 10 heteroatoms. The fourth-order valence-corrected chi connectivity index (χ4v) is 6.41. The minimum Gasteiger partial charge on any atom is -0.487 e. The van der Waals surface area contributed by atoms with E-state index in [0.717, 1.165) is 16.7 Å². The number of rotatable bonds is 9. The summed E-state index contributed by atoms with van der Waals surface area (Å²) in [6.45, 7) is 4.28. The molecule has 5 atom stereocenters. The zero-order chi connectivity index (χ0) is 34.9. The fourth-order valence-electron chi connectivity index (χ4n) is 6.41. The van der Waals surface area contributed by atoms with E-state index in [4.69, 9.17) is 4.74 Å². The van der Waals surface area contributed by atoms with Crippen molar-refractivity contribution in [2.45, 2.75) is 69.8 Å². The second-order valence-electron chi connectivity index (χ2n) is 13.3. The number of ether oxygens (including phenoxy) is 1. The first-order chi connectivity index (χ1) is 23.6. The Balaban J connectivity index is 1.43. The van der Waals surface area contributed by atoms with Gasteiger partial charge < -0.3 is 25.6 Å². The number of benzene rings is 3. The lowest BCUT2D eigenvalue weighted by Gasteiger charge is -2.35. The van der Waals surface area contributed by atoms with Crippen molar-refractivity contribution in [2.24, 2.45) is 5.92 Å². The fraction of sp³-hybridized carbons (Fsp3) is 0.385. The van der Waals surface area contributed by atoms with Crippen molar-refractivity contribution in [3.8, 4) is 5.75 Å². The molecule has 3 aromatic rings. The highest BCUT2D eigenvalue weighted by molar-refractivity contribution is 5.95. The zero-order valence-electron chi connectivity index (χ0n) is 28.7. The van der Waals surface area contributed by atoms with E-state index in [1.165, 1.54) is 0 Å². The molecular weight excluding hydrogens is 618 g/mol. The van der Waals surface area contributed by atoms with Crippen molar-refractivity contribution in [2.75, 3.05) is 20.6 Å². The number of nitrogens with one attached hydrogen (secondary N) is 3. The topological polar surface area (TPSA) is 120 Å². The normalized spacial score (nSPS) is 21.9. The molecule has 2 bridgehead atoms. The van der Waals surface area contributed by atoms with Crippen LogP contribution in [0.4, 0.5) is 0 Å². The Labute approximate surface area is 288 Å². The van der Waals surface area contributed by atoms with Crippen molar-refractivity contribution in [1.82, 2.24) is 25.8 Å². The molecule has 0 spiro atoms. The van der Waals surface area contributed by atoms with Crippen LogP contribution in [0.1, 0.15) is 43.4 Å². The summed E-state index contributed by atoms with van der Waals surface area (Å²) in [6, 6.07) is 23.2. The van der Waals surface area contributed by atoms with Gasteiger partial charge in [-0.2, -0.15) is 0 Å². The van der Waals surface area contributed by atoms with E-state index in [9.17, 15) is 19.2 Å². The highest BCUT2D eigenvalue weighted by Gasteiger charge is 2.42. The van der Waals surface area contributed by atoms with E-state index >= 15 is 0 Å². The van der Waals surface area contributed by atoms with Gasteiger partial charge in [-0.15, -0.1) is 0 Å². The van der Waals surface area contributed by atoms with Crippen LogP contribution in [-0.2, 0) is 32.0 Å². The van der Waals surface area contributed by atoms with Crippen molar-refractivity contribution in [3.05, 3.63) is 108 Å². The molecule has 3 aliphatic rings. The number of amides is 4. The number of fused-ring (bicyclic) bond motifs is 10. The standard InChI is InChI=1S/C39H47N5O5/c1-26(2)35-34(42-37(46)32-16-11-23-44(32)39(48)33(43(3)4)25-29-14-9-6-10-15-29)38(47)41-31(24-28-12-7-5-8-13-28)36(45)40-22-21-27-17-19-30(49-35)20-18-27/h5-10,12-15,17-22,26,31-35H,11,16,23-25H2,1-4H3,(H,40,45)(H,41,47)(H,42,46). The molecule has 3 N–H and O–H groups in total. The quantitative estimate of drug-likeness (QED) is 0.322. The predicted molar refractivity (Wildman–Crippen MR) is 189 cm³/mol. The SMILES string of the molecule is CC(C)C1Oc2ccc(cc2)C=CNC(=O)C(Cc2ccccc2)NC(=O)C1NC(=O)C1CCCN1C(=O)C(Cc1ccccc1)N(C)C. The Morgan fingerprint density at radius 3 is 2.20 bits per heavy atom. The molecule has 0 aliphatic carbocycles. The smallest absolute Gasteiger partial charge is 0.247 e. The zero-order valence-corrected chi connectivity index (χ0v) is 28.7. The Morgan fingerprint density at radius 1 is 0.918 bits per heavy atom. The number of hydrogen-bond donors (Lipinski definition) is 3. The number of carbonyl (C=O) groups is 4. The first-order valence-corrected chi connectivity index (χ1v) is 17.0. The molecule has 0 saturated carbocycles. The molecule has 3 aromatic carbocycles. The maximum absolute atomic E-state index is 14.3. The van der Waals surface area contributed by atoms with Gasteiger partial charge in [0, 0.05) is 19.2 Å². The average molecular weight is 666 g/mol. The van der Waals surface area contributed by atoms with Gasteiger partial charge in [0.25, 0.3) is 0 Å². The highest BCUT2D eigenvalue weighted by Crippen LogP contribution is 2.24. The predicted octanol–water partition coefficient (Wildman–Crippen LogP) is 3.57. The second kappa shape index (κ2) is 16.4. The van der Waals surface area contributed by atoms with Crippen LogP contribution in [0.25, 0.3) is 6.08 Å². The molecule has 0 radical (unpaired) electrons. The molecule has 4 amide bonds. The number of nitrogens with zero attached hydrogens (tertiary/aromatic N) is 2. The Hall–Kier alpha value is -4.96. The molecule has 10 nitrogen and oxygen atoms in total. The van der Waals surface area contributed by atoms with Crippen molar-refractivity contribution < 1.29 is 23.9 Å². The Kier molecular flexibility index (Phi) is 11.9. The molecule has 258 valence electrons. The molecule has 6 rings (SSSR count). The number of hydrogen-bond acceptors (Lipinski definition) is 6. The average Bonchev–Trinajstić information content (AvgIpc) is 3.59. The van der Waals surface area contributed by atoms with Gasteiger partial charge in [0.1, 0.15) is 30.0 Å². The van der Waals surface area contributed by atoms with E-state index in [1.54, 1.807) is 29.3 Å². The van der Waals surface area contributed by atoms with Gasteiger partial charge in [0.05, 0.1) is 6.04 Å². The summed E-state index contributed by atoms with van der Waals surface area (Å²) in [5, 5.41) is 8.71. The van der Waals surface area contributed by atoms with Crippen LogP contribution in [0.5, 0.6) is 5.75 Å². The van der Waals surface area contributed by atoms with Crippen LogP contribution in [0.3, 0.4) is 0 Å². The van der Waals surface area contributed by atoms with Crippen LogP contribution in [-0.4, -0.2) is 84.3 Å².